The third kappa shape index (κ3) is 4.45. The van der Waals surface area contributed by atoms with Crippen LogP contribution in [0.1, 0.15) is 19.8 Å². The van der Waals surface area contributed by atoms with Crippen molar-refractivity contribution in [2.75, 3.05) is 41.9 Å². The van der Waals surface area contributed by atoms with Crippen LogP contribution in [-0.4, -0.2) is 63.0 Å². The van der Waals surface area contributed by atoms with Crippen LogP contribution in [0.2, 0.25) is 0 Å². The molecule has 0 aliphatic carbocycles. The summed E-state index contributed by atoms with van der Waals surface area (Å²) in [7, 11) is -3.99. The number of urea groups is 1. The summed E-state index contributed by atoms with van der Waals surface area (Å²) in [6, 6.07) is 12.6. The SMILES string of the molecule is CCN(c1ccccc1)S(=O)(=O)c1ccc(N2CCCC(N3CCNC3=O)C2)c([N+](=O)[O-])c1. The van der Waals surface area contributed by atoms with E-state index < -0.39 is 14.9 Å². The van der Waals surface area contributed by atoms with E-state index >= 15 is 0 Å². The van der Waals surface area contributed by atoms with E-state index in [1.54, 1.807) is 42.2 Å². The minimum Gasteiger partial charge on any atom is -0.364 e. The Hall–Kier alpha value is -3.34. The second-order valence-corrected chi connectivity index (χ2v) is 9.94. The zero-order valence-corrected chi connectivity index (χ0v) is 19.2. The molecule has 2 aromatic carbocycles. The van der Waals surface area contributed by atoms with Gasteiger partial charge in [-0.05, 0) is 44.0 Å². The summed E-state index contributed by atoms with van der Waals surface area (Å²) in [5.41, 5.74) is 0.604. The highest BCUT2D eigenvalue weighted by molar-refractivity contribution is 7.92. The number of sulfonamides is 1. The summed E-state index contributed by atoms with van der Waals surface area (Å²) in [6.45, 7) is 4.18. The van der Waals surface area contributed by atoms with Crippen molar-refractivity contribution in [1.29, 1.82) is 0 Å². The van der Waals surface area contributed by atoms with E-state index in [9.17, 15) is 23.3 Å². The Morgan fingerprint density at radius 3 is 2.58 bits per heavy atom. The van der Waals surface area contributed by atoms with Gasteiger partial charge in [0.05, 0.1) is 21.5 Å². The summed E-state index contributed by atoms with van der Waals surface area (Å²) >= 11 is 0. The molecule has 0 radical (unpaired) electrons. The van der Waals surface area contributed by atoms with Crippen LogP contribution in [0.25, 0.3) is 0 Å². The number of nitro groups is 1. The van der Waals surface area contributed by atoms with Crippen LogP contribution in [0, 0.1) is 10.1 Å². The number of para-hydroxylation sites is 1. The van der Waals surface area contributed by atoms with Gasteiger partial charge in [0, 0.05) is 38.8 Å². The largest absolute Gasteiger partial charge is 0.364 e. The fourth-order valence-corrected chi connectivity index (χ4v) is 6.05. The van der Waals surface area contributed by atoms with E-state index in [4.69, 9.17) is 0 Å². The van der Waals surface area contributed by atoms with E-state index in [1.165, 1.54) is 16.4 Å². The highest BCUT2D eigenvalue weighted by Crippen LogP contribution is 2.35. The quantitative estimate of drug-likeness (QED) is 0.488. The van der Waals surface area contributed by atoms with Crippen LogP contribution < -0.4 is 14.5 Å². The van der Waals surface area contributed by atoms with Gasteiger partial charge < -0.3 is 15.1 Å². The standard InChI is InChI=1S/C22H27N5O5S/c1-2-26(17-7-4-3-5-8-17)33(31,32)19-10-11-20(21(15-19)27(29)30)24-13-6-9-18(16-24)25-14-12-23-22(25)28/h3-5,7-8,10-11,15,18H,2,6,9,12-14,16H2,1H3,(H,23,28). The number of hydrogen-bond donors (Lipinski definition) is 1. The van der Waals surface area contributed by atoms with E-state index in [0.717, 1.165) is 18.9 Å². The predicted octanol–water partition coefficient (Wildman–Crippen LogP) is 2.80. The first-order valence-electron chi connectivity index (χ1n) is 11.0. The molecule has 1 atom stereocenters. The van der Waals surface area contributed by atoms with Gasteiger partial charge in [0.2, 0.25) is 0 Å². The van der Waals surface area contributed by atoms with E-state index in [-0.39, 0.29) is 29.2 Å². The molecule has 0 bridgehead atoms. The maximum Gasteiger partial charge on any atom is 0.317 e. The van der Waals surface area contributed by atoms with E-state index in [1.807, 2.05) is 4.90 Å². The van der Waals surface area contributed by atoms with Gasteiger partial charge in [-0.1, -0.05) is 18.2 Å². The molecule has 10 nitrogen and oxygen atoms in total. The van der Waals surface area contributed by atoms with Gasteiger partial charge in [0.1, 0.15) is 5.69 Å². The summed E-state index contributed by atoms with van der Waals surface area (Å²) in [4.78, 5) is 27.0. The maximum absolute atomic E-state index is 13.3. The minimum atomic E-state index is -3.99. The van der Waals surface area contributed by atoms with Crippen LogP contribution in [0.4, 0.5) is 21.9 Å². The number of nitrogens with one attached hydrogen (secondary N) is 1. The Morgan fingerprint density at radius 2 is 1.94 bits per heavy atom. The Bertz CT molecular complexity index is 1140. The van der Waals surface area contributed by atoms with E-state index in [0.29, 0.717) is 37.6 Å². The topological polar surface area (TPSA) is 116 Å². The molecule has 33 heavy (non-hydrogen) atoms. The predicted molar refractivity (Wildman–Crippen MR) is 125 cm³/mol. The lowest BCUT2D eigenvalue weighted by atomic mass is 10.0. The van der Waals surface area contributed by atoms with Gasteiger partial charge in [-0.15, -0.1) is 0 Å². The highest BCUT2D eigenvalue weighted by atomic mass is 32.2. The molecule has 0 spiro atoms. The van der Waals surface area contributed by atoms with Crippen molar-refractivity contribution in [3.05, 3.63) is 58.6 Å². The third-order valence-electron chi connectivity index (χ3n) is 6.13. The van der Waals surface area contributed by atoms with Gasteiger partial charge in [-0.25, -0.2) is 13.2 Å². The maximum atomic E-state index is 13.3. The van der Waals surface area contributed by atoms with Gasteiger partial charge in [-0.3, -0.25) is 14.4 Å². The number of carbonyl (C=O) groups is 1. The molecule has 2 fully saturated rings. The monoisotopic (exact) mass is 473 g/mol. The van der Waals surface area contributed by atoms with Crippen LogP contribution >= 0.6 is 0 Å². The number of benzene rings is 2. The van der Waals surface area contributed by atoms with Crippen molar-refractivity contribution in [3.63, 3.8) is 0 Å². The molecule has 0 aromatic heterocycles. The summed E-state index contributed by atoms with van der Waals surface area (Å²) in [5.74, 6) is 0. The fourth-order valence-electron chi connectivity index (χ4n) is 4.55. The van der Waals surface area contributed by atoms with Gasteiger partial charge >= 0.3 is 6.03 Å². The second kappa shape index (κ2) is 9.26. The van der Waals surface area contributed by atoms with Crippen LogP contribution in [-0.2, 0) is 10.0 Å². The summed E-state index contributed by atoms with van der Waals surface area (Å²) in [5, 5.41) is 14.7. The normalized spacial score (nSPS) is 18.8. The average molecular weight is 474 g/mol. The molecule has 1 N–H and O–H groups in total. The first-order chi connectivity index (χ1) is 15.8. The van der Waals surface area contributed by atoms with Crippen LogP contribution in [0.3, 0.4) is 0 Å². The first-order valence-corrected chi connectivity index (χ1v) is 12.4. The molecule has 2 saturated heterocycles. The fraction of sp³-hybridized carbons (Fsp3) is 0.409. The molecule has 2 heterocycles. The van der Waals surface area contributed by atoms with Gasteiger partial charge in [-0.2, -0.15) is 0 Å². The van der Waals surface area contributed by atoms with Gasteiger partial charge in [0.25, 0.3) is 15.7 Å². The smallest absolute Gasteiger partial charge is 0.317 e. The Balaban J connectivity index is 1.65. The Labute approximate surface area is 193 Å². The molecule has 2 aromatic rings. The van der Waals surface area contributed by atoms with Crippen molar-refractivity contribution in [2.24, 2.45) is 0 Å². The lowest BCUT2D eigenvalue weighted by Gasteiger charge is -2.38. The van der Waals surface area contributed by atoms with Crippen LogP contribution in [0.5, 0.6) is 0 Å². The lowest BCUT2D eigenvalue weighted by molar-refractivity contribution is -0.384. The molecule has 2 aliphatic rings. The van der Waals surface area contributed by atoms with E-state index in [2.05, 4.69) is 5.32 Å². The Kier molecular flexibility index (Phi) is 6.41. The summed E-state index contributed by atoms with van der Waals surface area (Å²) < 4.78 is 27.9. The van der Waals surface area contributed by atoms with Crippen molar-refractivity contribution in [2.45, 2.75) is 30.7 Å². The molecular formula is C22H27N5O5S. The molecule has 176 valence electrons. The summed E-state index contributed by atoms with van der Waals surface area (Å²) in [6.07, 6.45) is 1.61. The molecule has 4 rings (SSSR count). The zero-order chi connectivity index (χ0) is 23.6. The Morgan fingerprint density at radius 1 is 1.18 bits per heavy atom. The molecule has 2 aliphatic heterocycles. The molecule has 11 heteroatoms. The second-order valence-electron chi connectivity index (χ2n) is 8.08. The minimum absolute atomic E-state index is 0.0436. The van der Waals surface area contributed by atoms with Gasteiger partial charge in [0.15, 0.2) is 0 Å². The number of rotatable bonds is 7. The molecule has 0 saturated carbocycles. The average Bonchev–Trinajstić information content (AvgIpc) is 3.25. The lowest BCUT2D eigenvalue weighted by Crippen LogP contribution is -2.49. The first kappa shape index (κ1) is 22.8. The van der Waals surface area contributed by atoms with Crippen molar-refractivity contribution in [3.8, 4) is 0 Å². The van der Waals surface area contributed by atoms with Crippen molar-refractivity contribution in [1.82, 2.24) is 10.2 Å². The van der Waals surface area contributed by atoms with Crippen LogP contribution in [0.15, 0.2) is 53.4 Å². The third-order valence-corrected chi connectivity index (χ3v) is 8.03. The number of piperidine rings is 1. The van der Waals surface area contributed by atoms with Crippen molar-refractivity contribution >= 4 is 33.1 Å². The molecule has 1 unspecified atom stereocenters. The number of hydrogen-bond acceptors (Lipinski definition) is 6. The zero-order valence-electron chi connectivity index (χ0n) is 18.4. The number of nitrogens with zero attached hydrogens (tertiary/aromatic N) is 4. The highest BCUT2D eigenvalue weighted by Gasteiger charge is 2.34. The molecular weight excluding hydrogens is 446 g/mol. The number of carbonyl (C=O) groups excluding carboxylic acids is 1. The van der Waals surface area contributed by atoms with Crippen molar-refractivity contribution < 1.29 is 18.1 Å². The number of amides is 2. The number of anilines is 2. The molecule has 2 amide bonds. The number of nitro benzene ring substituents is 1.